The van der Waals surface area contributed by atoms with Crippen molar-refractivity contribution in [3.63, 3.8) is 0 Å². The van der Waals surface area contributed by atoms with Crippen molar-refractivity contribution in [2.75, 3.05) is 24.5 Å². The van der Waals surface area contributed by atoms with Gasteiger partial charge >= 0.3 is 5.97 Å². The van der Waals surface area contributed by atoms with E-state index >= 15 is 0 Å². The molecule has 0 fully saturated rings. The van der Waals surface area contributed by atoms with Crippen LogP contribution in [0.1, 0.15) is 32.3 Å². The Morgan fingerprint density at radius 3 is 2.62 bits per heavy atom. The smallest absolute Gasteiger partial charge is 0.318 e. The molecule has 0 saturated carbocycles. The van der Waals surface area contributed by atoms with Gasteiger partial charge < -0.3 is 10.0 Å². The average Bonchev–Trinajstić information content (AvgIpc) is 2.52. The Hall–Kier alpha value is -1.93. The predicted octanol–water partition coefficient (Wildman–Crippen LogP) is 1.47. The number of aryl methyl sites for hydroxylation is 1. The van der Waals surface area contributed by atoms with Gasteiger partial charge in [-0.05, 0) is 37.0 Å². The third-order valence-electron chi connectivity index (χ3n) is 3.98. The molecule has 1 aliphatic rings. The monoisotopic (exact) mass is 354 g/mol. The van der Waals surface area contributed by atoms with Crippen molar-refractivity contribution in [2.24, 2.45) is 0 Å². The van der Waals surface area contributed by atoms with Gasteiger partial charge in [0.2, 0.25) is 15.9 Å². The van der Waals surface area contributed by atoms with E-state index in [1.165, 1.54) is 19.1 Å². The van der Waals surface area contributed by atoms with Gasteiger partial charge in [0.05, 0.1) is 4.90 Å². The Balaban J connectivity index is 2.45. The van der Waals surface area contributed by atoms with E-state index in [0.717, 1.165) is 22.7 Å². The average molecular weight is 354 g/mol. The van der Waals surface area contributed by atoms with Crippen molar-refractivity contribution in [1.82, 2.24) is 4.31 Å². The van der Waals surface area contributed by atoms with Crippen molar-refractivity contribution in [2.45, 2.75) is 38.0 Å². The number of sulfonamides is 1. The number of nitrogens with zero attached hydrogens (tertiary/aromatic N) is 2. The minimum absolute atomic E-state index is 0.0177. The number of anilines is 1. The molecule has 2 rings (SSSR count). The molecule has 1 aromatic rings. The lowest BCUT2D eigenvalue weighted by Crippen LogP contribution is -2.37. The largest absolute Gasteiger partial charge is 0.480 e. The standard InChI is InChI=1S/C16H22N2O5S/c1-3-8-17(11-16(20)21)24(22,23)14-7-6-13-5-4-9-18(12(2)19)15(13)10-14/h6-7,10H,3-5,8-9,11H2,1-2H3,(H,20,21). The first-order valence-corrected chi connectivity index (χ1v) is 9.34. The summed E-state index contributed by atoms with van der Waals surface area (Å²) in [6.07, 6.45) is 2.13. The molecule has 1 aliphatic heterocycles. The van der Waals surface area contributed by atoms with E-state index in [-0.39, 0.29) is 17.3 Å². The number of amides is 1. The fourth-order valence-corrected chi connectivity index (χ4v) is 4.38. The van der Waals surface area contributed by atoms with Crippen LogP contribution in [-0.4, -0.2) is 49.3 Å². The number of fused-ring (bicyclic) bond motifs is 1. The Morgan fingerprint density at radius 2 is 2.04 bits per heavy atom. The Labute approximate surface area is 141 Å². The van der Waals surface area contributed by atoms with E-state index in [1.807, 2.05) is 0 Å². The lowest BCUT2D eigenvalue weighted by atomic mass is 10.0. The quantitative estimate of drug-likeness (QED) is 0.835. The number of benzene rings is 1. The van der Waals surface area contributed by atoms with E-state index in [1.54, 1.807) is 17.9 Å². The molecule has 1 amide bonds. The zero-order chi connectivity index (χ0) is 17.9. The molecular formula is C16H22N2O5S. The molecule has 1 aromatic carbocycles. The van der Waals surface area contributed by atoms with Crippen LogP contribution < -0.4 is 4.90 Å². The van der Waals surface area contributed by atoms with Gasteiger partial charge in [0.1, 0.15) is 6.54 Å². The second-order valence-corrected chi connectivity index (χ2v) is 7.73. The number of hydrogen-bond donors (Lipinski definition) is 1. The zero-order valence-corrected chi connectivity index (χ0v) is 14.7. The molecule has 0 aromatic heterocycles. The van der Waals surface area contributed by atoms with Gasteiger partial charge in [0, 0.05) is 25.7 Å². The number of hydrogen-bond acceptors (Lipinski definition) is 4. The maximum atomic E-state index is 12.8. The van der Waals surface area contributed by atoms with Gasteiger partial charge in [0.15, 0.2) is 0 Å². The van der Waals surface area contributed by atoms with Gasteiger partial charge in [-0.3, -0.25) is 9.59 Å². The summed E-state index contributed by atoms with van der Waals surface area (Å²) in [7, 11) is -3.93. The predicted molar refractivity (Wildman–Crippen MR) is 89.5 cm³/mol. The third kappa shape index (κ3) is 3.76. The lowest BCUT2D eigenvalue weighted by Gasteiger charge is -2.29. The van der Waals surface area contributed by atoms with Gasteiger partial charge in [-0.1, -0.05) is 13.0 Å². The van der Waals surface area contributed by atoms with Crippen molar-refractivity contribution >= 4 is 27.6 Å². The Morgan fingerprint density at radius 1 is 1.33 bits per heavy atom. The molecule has 24 heavy (non-hydrogen) atoms. The van der Waals surface area contributed by atoms with E-state index < -0.39 is 22.5 Å². The minimum Gasteiger partial charge on any atom is -0.480 e. The molecule has 8 heteroatoms. The molecule has 1 heterocycles. The summed E-state index contributed by atoms with van der Waals surface area (Å²) in [6.45, 7) is 3.34. The molecule has 0 bridgehead atoms. The number of rotatable bonds is 6. The highest BCUT2D eigenvalue weighted by Crippen LogP contribution is 2.31. The fraction of sp³-hybridized carbons (Fsp3) is 0.500. The van der Waals surface area contributed by atoms with Crippen LogP contribution in [0.25, 0.3) is 0 Å². The second kappa shape index (κ2) is 7.31. The maximum absolute atomic E-state index is 12.8. The van der Waals surface area contributed by atoms with E-state index in [2.05, 4.69) is 0 Å². The van der Waals surface area contributed by atoms with Crippen LogP contribution in [0.15, 0.2) is 23.1 Å². The van der Waals surface area contributed by atoms with E-state index in [0.29, 0.717) is 18.7 Å². The lowest BCUT2D eigenvalue weighted by molar-refractivity contribution is -0.137. The summed E-state index contributed by atoms with van der Waals surface area (Å²) in [4.78, 5) is 24.4. The van der Waals surface area contributed by atoms with Crippen LogP contribution in [0.2, 0.25) is 0 Å². The molecule has 0 aliphatic carbocycles. The summed E-state index contributed by atoms with van der Waals surface area (Å²) >= 11 is 0. The number of carboxylic acids is 1. The van der Waals surface area contributed by atoms with Gasteiger partial charge in [-0.2, -0.15) is 4.31 Å². The number of aliphatic carboxylic acids is 1. The topological polar surface area (TPSA) is 95.0 Å². The normalized spacial score (nSPS) is 14.5. The highest BCUT2D eigenvalue weighted by molar-refractivity contribution is 7.89. The fourth-order valence-electron chi connectivity index (χ4n) is 2.88. The van der Waals surface area contributed by atoms with Crippen LogP contribution in [0, 0.1) is 0 Å². The molecule has 0 atom stereocenters. The molecule has 132 valence electrons. The number of carbonyl (C=O) groups excluding carboxylic acids is 1. The molecule has 1 N–H and O–H groups in total. The molecule has 0 radical (unpaired) electrons. The van der Waals surface area contributed by atoms with Gasteiger partial charge in [-0.25, -0.2) is 8.42 Å². The van der Waals surface area contributed by atoms with Crippen LogP contribution in [-0.2, 0) is 26.0 Å². The summed E-state index contributed by atoms with van der Waals surface area (Å²) < 4.78 is 26.5. The summed E-state index contributed by atoms with van der Waals surface area (Å²) in [5.74, 6) is -1.34. The summed E-state index contributed by atoms with van der Waals surface area (Å²) in [5.41, 5.74) is 1.53. The first kappa shape index (κ1) is 18.4. The van der Waals surface area contributed by atoms with E-state index in [4.69, 9.17) is 5.11 Å². The minimum atomic E-state index is -3.93. The zero-order valence-electron chi connectivity index (χ0n) is 13.9. The summed E-state index contributed by atoms with van der Waals surface area (Å²) in [5, 5.41) is 8.97. The van der Waals surface area contributed by atoms with Crippen molar-refractivity contribution in [3.8, 4) is 0 Å². The van der Waals surface area contributed by atoms with Crippen LogP contribution in [0.3, 0.4) is 0 Å². The highest BCUT2D eigenvalue weighted by atomic mass is 32.2. The number of carboxylic acid groups (broad SMARTS) is 1. The number of carbonyl (C=O) groups is 2. The van der Waals surface area contributed by atoms with E-state index in [9.17, 15) is 18.0 Å². The van der Waals surface area contributed by atoms with Crippen LogP contribution >= 0.6 is 0 Å². The third-order valence-corrected chi connectivity index (χ3v) is 5.82. The maximum Gasteiger partial charge on any atom is 0.318 e. The van der Waals surface area contributed by atoms with Crippen LogP contribution in [0.5, 0.6) is 0 Å². The van der Waals surface area contributed by atoms with Crippen molar-refractivity contribution in [1.29, 1.82) is 0 Å². The van der Waals surface area contributed by atoms with Crippen molar-refractivity contribution < 1.29 is 23.1 Å². The van der Waals surface area contributed by atoms with Crippen LogP contribution in [0.4, 0.5) is 5.69 Å². The second-order valence-electron chi connectivity index (χ2n) is 5.80. The molecular weight excluding hydrogens is 332 g/mol. The SMILES string of the molecule is CCCN(CC(=O)O)S(=O)(=O)c1ccc2c(c1)N(C(C)=O)CCC2. The summed E-state index contributed by atoms with van der Waals surface area (Å²) in [6, 6.07) is 4.68. The van der Waals surface area contributed by atoms with Gasteiger partial charge in [-0.15, -0.1) is 0 Å². The molecule has 0 saturated heterocycles. The first-order valence-electron chi connectivity index (χ1n) is 7.90. The molecule has 7 nitrogen and oxygen atoms in total. The van der Waals surface area contributed by atoms with Gasteiger partial charge in [0.25, 0.3) is 0 Å². The highest BCUT2D eigenvalue weighted by Gasteiger charge is 2.28. The van der Waals surface area contributed by atoms with Crippen molar-refractivity contribution in [3.05, 3.63) is 23.8 Å². The Kier molecular flexibility index (Phi) is 5.61. The molecule has 0 unspecified atom stereocenters. The first-order chi connectivity index (χ1) is 11.3. The Bertz CT molecular complexity index is 745. The molecule has 0 spiro atoms.